The van der Waals surface area contributed by atoms with Gasteiger partial charge in [0.25, 0.3) is 0 Å². The smallest absolute Gasteiger partial charge is 0.339 e. The fourth-order valence-corrected chi connectivity index (χ4v) is 3.98. The van der Waals surface area contributed by atoms with E-state index in [-0.39, 0.29) is 6.61 Å². The van der Waals surface area contributed by atoms with Crippen LogP contribution in [0.4, 0.5) is 0 Å². The summed E-state index contributed by atoms with van der Waals surface area (Å²) in [6.07, 6.45) is 0. The quantitative estimate of drug-likeness (QED) is 0.298. The van der Waals surface area contributed by atoms with Crippen LogP contribution in [-0.2, 0) is 11.3 Å². The van der Waals surface area contributed by atoms with Crippen molar-refractivity contribution in [3.8, 4) is 23.1 Å². The van der Waals surface area contributed by atoms with Gasteiger partial charge in [-0.3, -0.25) is 0 Å². The number of hydrogen-bond acceptors (Lipinski definition) is 5. The Balaban J connectivity index is 1.53. The Kier molecular flexibility index (Phi) is 5.63. The van der Waals surface area contributed by atoms with Crippen molar-refractivity contribution in [1.29, 1.82) is 5.26 Å². The maximum atomic E-state index is 13.2. The van der Waals surface area contributed by atoms with Gasteiger partial charge < -0.3 is 9.47 Å². The van der Waals surface area contributed by atoms with Crippen molar-refractivity contribution >= 4 is 27.6 Å². The number of fused-ring (bicyclic) bond motifs is 2. The lowest BCUT2D eigenvalue weighted by Crippen LogP contribution is -2.08. The molecule has 0 amide bonds. The van der Waals surface area contributed by atoms with Gasteiger partial charge in [0, 0.05) is 16.5 Å². The molecule has 0 atom stereocenters. The molecule has 0 fully saturated rings. The summed E-state index contributed by atoms with van der Waals surface area (Å²) in [6.45, 7) is 0.0202. The summed E-state index contributed by atoms with van der Waals surface area (Å²) in [7, 11) is 1.65. The van der Waals surface area contributed by atoms with Gasteiger partial charge in [0.05, 0.1) is 35.5 Å². The van der Waals surface area contributed by atoms with Crippen molar-refractivity contribution in [2.24, 2.45) is 0 Å². The summed E-state index contributed by atoms with van der Waals surface area (Å²) in [5.41, 5.74) is 3.88. The van der Waals surface area contributed by atoms with Crippen LogP contribution < -0.4 is 4.74 Å². The fourth-order valence-electron chi connectivity index (χ4n) is 3.98. The van der Waals surface area contributed by atoms with E-state index in [1.54, 1.807) is 31.4 Å². The first-order valence-electron chi connectivity index (χ1n) is 10.8. The average molecular weight is 444 g/mol. The molecule has 0 bridgehead atoms. The lowest BCUT2D eigenvalue weighted by Gasteiger charge is -2.11. The number of aromatic nitrogens is 1. The van der Waals surface area contributed by atoms with Gasteiger partial charge in [-0.25, -0.2) is 9.78 Å². The minimum absolute atomic E-state index is 0.0202. The highest BCUT2D eigenvalue weighted by atomic mass is 16.5. The Morgan fingerprint density at radius 1 is 0.912 bits per heavy atom. The van der Waals surface area contributed by atoms with Gasteiger partial charge in [0.15, 0.2) is 0 Å². The fraction of sp³-hybridized carbons (Fsp3) is 0.0690. The third kappa shape index (κ3) is 4.05. The second-order valence-corrected chi connectivity index (χ2v) is 7.85. The van der Waals surface area contributed by atoms with Crippen LogP contribution in [-0.4, -0.2) is 18.1 Å². The average Bonchev–Trinajstić information content (AvgIpc) is 2.90. The van der Waals surface area contributed by atoms with Crippen molar-refractivity contribution in [3.05, 3.63) is 108 Å². The van der Waals surface area contributed by atoms with Crippen LogP contribution in [0.5, 0.6) is 5.75 Å². The molecule has 5 aromatic rings. The minimum Gasteiger partial charge on any atom is -0.497 e. The zero-order valence-corrected chi connectivity index (χ0v) is 18.5. The topological polar surface area (TPSA) is 72.2 Å². The first-order valence-corrected chi connectivity index (χ1v) is 10.8. The van der Waals surface area contributed by atoms with E-state index in [0.717, 1.165) is 27.5 Å². The molecule has 0 unspecified atom stereocenters. The molecule has 0 aliphatic carbocycles. The van der Waals surface area contributed by atoms with E-state index in [2.05, 4.69) is 6.07 Å². The molecule has 1 aromatic heterocycles. The summed E-state index contributed by atoms with van der Waals surface area (Å²) >= 11 is 0. The monoisotopic (exact) mass is 444 g/mol. The maximum absolute atomic E-state index is 13.2. The number of hydrogen-bond donors (Lipinski definition) is 0. The third-order valence-electron chi connectivity index (χ3n) is 5.78. The molecule has 34 heavy (non-hydrogen) atoms. The molecule has 0 saturated carbocycles. The second-order valence-electron chi connectivity index (χ2n) is 7.85. The molecular formula is C29H20N2O3. The van der Waals surface area contributed by atoms with E-state index >= 15 is 0 Å². The number of carbonyl (C=O) groups excluding carboxylic acids is 1. The number of nitrogens with zero attached hydrogens (tertiary/aromatic N) is 2. The molecule has 0 aliphatic rings. The first kappa shape index (κ1) is 21.2. The molecule has 0 spiro atoms. The van der Waals surface area contributed by atoms with Crippen molar-refractivity contribution in [2.75, 3.05) is 7.11 Å². The lowest BCUT2D eigenvalue weighted by atomic mass is 10.0. The van der Waals surface area contributed by atoms with Gasteiger partial charge in [0.1, 0.15) is 12.4 Å². The molecule has 4 aromatic carbocycles. The number of ether oxygens (including phenoxy) is 2. The Bertz CT molecular complexity index is 1580. The molecule has 5 rings (SSSR count). The van der Waals surface area contributed by atoms with E-state index in [4.69, 9.17) is 14.5 Å². The second kappa shape index (κ2) is 9.05. The van der Waals surface area contributed by atoms with Gasteiger partial charge in [0.2, 0.25) is 0 Å². The van der Waals surface area contributed by atoms with E-state index in [9.17, 15) is 10.1 Å². The Hall–Kier alpha value is -4.69. The standard InChI is InChI=1S/C29H20N2O3/c1-33-24-13-12-19-14-21(11-10-20(19)15-24)28-16-26(25-8-4-5-9-27(25)31-28)29(32)34-18-23-7-3-2-6-22(23)17-30/h2-16H,18H2,1H3. The van der Waals surface area contributed by atoms with Crippen LogP contribution >= 0.6 is 0 Å². The molecule has 5 heteroatoms. The molecule has 0 aliphatic heterocycles. The number of benzene rings is 4. The van der Waals surface area contributed by atoms with Crippen molar-refractivity contribution in [3.63, 3.8) is 0 Å². The highest BCUT2D eigenvalue weighted by molar-refractivity contribution is 6.05. The van der Waals surface area contributed by atoms with E-state index < -0.39 is 5.97 Å². The summed E-state index contributed by atoms with van der Waals surface area (Å²) < 4.78 is 10.9. The molecule has 0 N–H and O–H groups in total. The third-order valence-corrected chi connectivity index (χ3v) is 5.78. The zero-order chi connectivity index (χ0) is 23.5. The number of rotatable bonds is 5. The van der Waals surface area contributed by atoms with Crippen molar-refractivity contribution in [2.45, 2.75) is 6.61 Å². The van der Waals surface area contributed by atoms with E-state index in [1.165, 1.54) is 0 Å². The van der Waals surface area contributed by atoms with Crippen LogP contribution in [0, 0.1) is 11.3 Å². The van der Waals surface area contributed by atoms with Crippen molar-refractivity contribution < 1.29 is 14.3 Å². The van der Waals surface area contributed by atoms with Crippen LogP contribution in [0.3, 0.4) is 0 Å². The summed E-state index contributed by atoms with van der Waals surface area (Å²) in [4.78, 5) is 18.0. The van der Waals surface area contributed by atoms with Crippen LogP contribution in [0.15, 0.2) is 91.0 Å². The SMILES string of the molecule is COc1ccc2cc(-c3cc(C(=O)OCc4ccccc4C#N)c4ccccc4n3)ccc2c1. The van der Waals surface area contributed by atoms with Crippen LogP contribution in [0.2, 0.25) is 0 Å². The summed E-state index contributed by atoms with van der Waals surface area (Å²) in [5.74, 6) is 0.338. The molecular weight excluding hydrogens is 424 g/mol. The van der Waals surface area contributed by atoms with Gasteiger partial charge in [-0.15, -0.1) is 0 Å². The Morgan fingerprint density at radius 2 is 1.68 bits per heavy atom. The Morgan fingerprint density at radius 3 is 2.53 bits per heavy atom. The largest absolute Gasteiger partial charge is 0.497 e. The minimum atomic E-state index is -0.460. The molecule has 164 valence electrons. The van der Waals surface area contributed by atoms with Gasteiger partial charge in [-0.2, -0.15) is 5.26 Å². The van der Waals surface area contributed by atoms with Gasteiger partial charge >= 0.3 is 5.97 Å². The highest BCUT2D eigenvalue weighted by Crippen LogP contribution is 2.29. The van der Waals surface area contributed by atoms with Crippen LogP contribution in [0.25, 0.3) is 32.9 Å². The predicted octanol–water partition coefficient (Wildman–Crippen LogP) is 6.29. The van der Waals surface area contributed by atoms with E-state index in [1.807, 2.05) is 66.7 Å². The number of methoxy groups -OCH3 is 1. The first-order chi connectivity index (χ1) is 16.7. The predicted molar refractivity (Wildman–Crippen MR) is 132 cm³/mol. The summed E-state index contributed by atoms with van der Waals surface area (Å²) in [6, 6.07) is 30.4. The summed E-state index contributed by atoms with van der Waals surface area (Å²) in [5, 5.41) is 12.1. The number of nitriles is 1. The number of carbonyl (C=O) groups is 1. The maximum Gasteiger partial charge on any atom is 0.339 e. The van der Waals surface area contributed by atoms with Crippen LogP contribution in [0.1, 0.15) is 21.5 Å². The molecule has 0 saturated heterocycles. The molecule has 0 radical (unpaired) electrons. The molecule has 5 nitrogen and oxygen atoms in total. The normalized spacial score (nSPS) is 10.7. The number of para-hydroxylation sites is 1. The van der Waals surface area contributed by atoms with Gasteiger partial charge in [-0.1, -0.05) is 54.6 Å². The number of pyridine rings is 1. The highest BCUT2D eigenvalue weighted by Gasteiger charge is 2.16. The lowest BCUT2D eigenvalue weighted by molar-refractivity contribution is 0.0475. The van der Waals surface area contributed by atoms with E-state index in [0.29, 0.717) is 27.9 Å². The molecule has 1 heterocycles. The number of esters is 1. The zero-order valence-electron chi connectivity index (χ0n) is 18.5. The van der Waals surface area contributed by atoms with Gasteiger partial charge in [-0.05, 0) is 47.2 Å². The van der Waals surface area contributed by atoms with Crippen molar-refractivity contribution in [1.82, 2.24) is 4.98 Å². The Labute approximate surface area is 196 Å².